The predicted molar refractivity (Wildman–Crippen MR) is 82.4 cm³/mol. The summed E-state index contributed by atoms with van der Waals surface area (Å²) < 4.78 is 15.3. The smallest absolute Gasteiger partial charge is 0.331 e. The van der Waals surface area contributed by atoms with E-state index in [0.717, 1.165) is 51.3 Å². The molecule has 6 heteroatoms. The highest BCUT2D eigenvalue weighted by molar-refractivity contribution is 5.91. The van der Waals surface area contributed by atoms with Crippen molar-refractivity contribution in [1.29, 1.82) is 0 Å². The molecule has 1 atom stereocenters. The Balaban J connectivity index is 2.10. The third kappa shape index (κ3) is 8.79. The fourth-order valence-electron chi connectivity index (χ4n) is 2.13. The Hall–Kier alpha value is -1.40. The van der Waals surface area contributed by atoms with Crippen molar-refractivity contribution in [1.82, 2.24) is 4.90 Å². The van der Waals surface area contributed by atoms with Crippen LogP contribution in [0.3, 0.4) is 0 Å². The molecule has 1 fully saturated rings. The van der Waals surface area contributed by atoms with Crippen molar-refractivity contribution in [2.24, 2.45) is 5.92 Å². The van der Waals surface area contributed by atoms with Gasteiger partial charge in [0.2, 0.25) is 0 Å². The van der Waals surface area contributed by atoms with E-state index in [1.165, 1.54) is 0 Å². The van der Waals surface area contributed by atoms with Crippen molar-refractivity contribution in [2.75, 3.05) is 46.1 Å². The van der Waals surface area contributed by atoms with Crippen LogP contribution >= 0.6 is 0 Å². The lowest BCUT2D eigenvalue weighted by atomic mass is 10.1. The minimum Gasteiger partial charge on any atom is -0.462 e. The van der Waals surface area contributed by atoms with Gasteiger partial charge in [0.1, 0.15) is 6.61 Å². The first-order valence-corrected chi connectivity index (χ1v) is 7.93. The van der Waals surface area contributed by atoms with Crippen molar-refractivity contribution in [3.63, 3.8) is 0 Å². The van der Waals surface area contributed by atoms with Crippen LogP contribution < -0.4 is 0 Å². The molecule has 0 aromatic carbocycles. The maximum absolute atomic E-state index is 11.5. The van der Waals surface area contributed by atoms with Gasteiger partial charge in [-0.15, -0.1) is 0 Å². The summed E-state index contributed by atoms with van der Waals surface area (Å²) in [5.41, 5.74) is 0. The quantitative estimate of drug-likeness (QED) is 0.473. The number of rotatable bonds is 9. The second-order valence-electron chi connectivity index (χ2n) is 5.48. The molecule has 22 heavy (non-hydrogen) atoms. The Labute approximate surface area is 132 Å². The Bertz CT molecular complexity index is 364. The van der Waals surface area contributed by atoms with E-state index in [-0.39, 0.29) is 0 Å². The van der Waals surface area contributed by atoms with E-state index in [2.05, 4.69) is 11.8 Å². The summed E-state index contributed by atoms with van der Waals surface area (Å²) in [6, 6.07) is 0. The summed E-state index contributed by atoms with van der Waals surface area (Å²) in [6.45, 7) is 8.64. The van der Waals surface area contributed by atoms with E-state index in [1.807, 2.05) is 6.92 Å². The number of carbonyl (C=O) groups is 2. The number of esters is 2. The first-order chi connectivity index (χ1) is 10.6. The van der Waals surface area contributed by atoms with Crippen molar-refractivity contribution in [2.45, 2.75) is 26.7 Å². The molecule has 0 spiro atoms. The van der Waals surface area contributed by atoms with Gasteiger partial charge < -0.3 is 14.2 Å². The molecular formula is C16H27NO5. The lowest BCUT2D eigenvalue weighted by molar-refractivity contribution is -0.141. The molecule has 0 saturated carbocycles. The average Bonchev–Trinajstić information content (AvgIpc) is 2.52. The molecule has 0 aromatic heterocycles. The molecule has 0 aromatic rings. The molecule has 1 heterocycles. The highest BCUT2D eigenvalue weighted by Crippen LogP contribution is 2.05. The van der Waals surface area contributed by atoms with Crippen LogP contribution in [0.5, 0.6) is 0 Å². The van der Waals surface area contributed by atoms with E-state index in [9.17, 15) is 9.59 Å². The van der Waals surface area contributed by atoms with Gasteiger partial charge in [-0.25, -0.2) is 9.59 Å². The zero-order valence-electron chi connectivity index (χ0n) is 13.6. The summed E-state index contributed by atoms with van der Waals surface area (Å²) in [5, 5.41) is 0. The topological polar surface area (TPSA) is 65.1 Å². The van der Waals surface area contributed by atoms with Crippen LogP contribution in [-0.2, 0) is 23.8 Å². The normalized spacial score (nSPS) is 17.4. The lowest BCUT2D eigenvalue weighted by Crippen LogP contribution is -2.38. The van der Waals surface area contributed by atoms with Crippen molar-refractivity contribution < 1.29 is 23.8 Å². The number of morpholine rings is 1. The van der Waals surface area contributed by atoms with Gasteiger partial charge in [-0.2, -0.15) is 0 Å². The number of hydrogen-bond donors (Lipinski definition) is 0. The molecule has 1 unspecified atom stereocenters. The predicted octanol–water partition coefficient (Wildman–Crippen LogP) is 1.40. The van der Waals surface area contributed by atoms with Gasteiger partial charge in [0, 0.05) is 31.8 Å². The molecule has 0 N–H and O–H groups in total. The molecule has 1 rings (SSSR count). The van der Waals surface area contributed by atoms with E-state index in [0.29, 0.717) is 25.7 Å². The van der Waals surface area contributed by atoms with E-state index >= 15 is 0 Å². The molecule has 0 aliphatic carbocycles. The van der Waals surface area contributed by atoms with E-state index < -0.39 is 11.9 Å². The van der Waals surface area contributed by atoms with Crippen molar-refractivity contribution >= 4 is 11.9 Å². The largest absolute Gasteiger partial charge is 0.462 e. The molecule has 1 aliphatic rings. The Kier molecular flexibility index (Phi) is 9.50. The summed E-state index contributed by atoms with van der Waals surface area (Å²) in [5.74, 6) is -0.692. The number of hydrogen-bond acceptors (Lipinski definition) is 6. The summed E-state index contributed by atoms with van der Waals surface area (Å²) >= 11 is 0. The minimum absolute atomic E-state index is 0.311. The fourth-order valence-corrected chi connectivity index (χ4v) is 2.13. The minimum atomic E-state index is -0.521. The standard InChI is InChI=1S/C16H27NO5/c1-3-4-14(2)13-22-16(19)6-5-15(18)21-12-9-17-7-10-20-11-8-17/h5-6,14H,3-4,7-13H2,1-2H3/b6-5+. The number of carbonyl (C=O) groups excluding carboxylic acids is 2. The Morgan fingerprint density at radius 3 is 2.45 bits per heavy atom. The van der Waals surface area contributed by atoms with Crippen LogP contribution in [0.4, 0.5) is 0 Å². The molecule has 1 aliphatic heterocycles. The first kappa shape index (κ1) is 18.6. The maximum atomic E-state index is 11.5. The van der Waals surface area contributed by atoms with Crippen LogP contribution in [0.15, 0.2) is 12.2 Å². The number of ether oxygens (including phenoxy) is 3. The Morgan fingerprint density at radius 2 is 1.82 bits per heavy atom. The summed E-state index contributed by atoms with van der Waals surface area (Å²) in [6.07, 6.45) is 4.31. The second-order valence-corrected chi connectivity index (χ2v) is 5.48. The van der Waals surface area contributed by atoms with Crippen LogP contribution in [0.1, 0.15) is 26.7 Å². The molecular weight excluding hydrogens is 286 g/mol. The van der Waals surface area contributed by atoms with Gasteiger partial charge in [0.05, 0.1) is 19.8 Å². The van der Waals surface area contributed by atoms with Crippen molar-refractivity contribution in [3.05, 3.63) is 12.2 Å². The van der Waals surface area contributed by atoms with Gasteiger partial charge in [-0.1, -0.05) is 20.3 Å². The molecule has 6 nitrogen and oxygen atoms in total. The summed E-state index contributed by atoms with van der Waals surface area (Å²) in [4.78, 5) is 25.1. The highest BCUT2D eigenvalue weighted by atomic mass is 16.5. The lowest BCUT2D eigenvalue weighted by Gasteiger charge is -2.25. The molecule has 0 radical (unpaired) electrons. The van der Waals surface area contributed by atoms with E-state index in [4.69, 9.17) is 14.2 Å². The van der Waals surface area contributed by atoms with Crippen LogP contribution in [0.25, 0.3) is 0 Å². The monoisotopic (exact) mass is 313 g/mol. The van der Waals surface area contributed by atoms with Crippen molar-refractivity contribution in [3.8, 4) is 0 Å². The average molecular weight is 313 g/mol. The third-order valence-electron chi connectivity index (χ3n) is 3.40. The highest BCUT2D eigenvalue weighted by Gasteiger charge is 2.10. The fraction of sp³-hybridized carbons (Fsp3) is 0.750. The van der Waals surface area contributed by atoms with Crippen LogP contribution in [-0.4, -0.2) is 62.9 Å². The third-order valence-corrected chi connectivity index (χ3v) is 3.40. The van der Waals surface area contributed by atoms with Crippen LogP contribution in [0, 0.1) is 5.92 Å². The molecule has 1 saturated heterocycles. The zero-order chi connectivity index (χ0) is 16.2. The van der Waals surface area contributed by atoms with Gasteiger partial charge >= 0.3 is 11.9 Å². The molecule has 126 valence electrons. The molecule has 0 bridgehead atoms. The Morgan fingerprint density at radius 1 is 1.18 bits per heavy atom. The van der Waals surface area contributed by atoms with Gasteiger partial charge in [-0.3, -0.25) is 4.90 Å². The van der Waals surface area contributed by atoms with Crippen LogP contribution in [0.2, 0.25) is 0 Å². The zero-order valence-corrected chi connectivity index (χ0v) is 13.6. The first-order valence-electron chi connectivity index (χ1n) is 7.93. The SMILES string of the molecule is CCCC(C)COC(=O)/C=C/C(=O)OCCN1CCOCC1. The maximum Gasteiger partial charge on any atom is 0.331 e. The summed E-state index contributed by atoms with van der Waals surface area (Å²) in [7, 11) is 0. The number of nitrogens with zero attached hydrogens (tertiary/aromatic N) is 1. The van der Waals surface area contributed by atoms with Gasteiger partial charge in [-0.05, 0) is 12.3 Å². The molecule has 0 amide bonds. The second kappa shape index (κ2) is 11.2. The van der Waals surface area contributed by atoms with Gasteiger partial charge in [0.25, 0.3) is 0 Å². The van der Waals surface area contributed by atoms with Gasteiger partial charge in [0.15, 0.2) is 0 Å². The van der Waals surface area contributed by atoms with E-state index in [1.54, 1.807) is 0 Å².